The maximum atomic E-state index is 4.14. The van der Waals surface area contributed by atoms with E-state index in [4.69, 9.17) is 0 Å². The lowest BCUT2D eigenvalue weighted by molar-refractivity contribution is -0.435. The molecule has 3 heteroatoms. The van der Waals surface area contributed by atoms with Crippen molar-refractivity contribution in [1.82, 2.24) is 0 Å². The molecule has 0 aromatic heterocycles. The molecule has 1 aliphatic rings. The van der Waals surface area contributed by atoms with Gasteiger partial charge in [-0.15, -0.1) is 0 Å². The highest BCUT2D eigenvalue weighted by atomic mass is 127. The quantitative estimate of drug-likeness (QED) is 0.456. The minimum atomic E-state index is 0.960. The summed E-state index contributed by atoms with van der Waals surface area (Å²) in [5, 5.41) is 0. The minimum Gasteiger partial charge on any atom is -0.243 e. The van der Waals surface area contributed by atoms with E-state index in [1.54, 1.807) is 0 Å². The normalized spacial score (nSPS) is 17.3. The first-order valence-corrected chi connectivity index (χ1v) is 4.01. The zero-order valence-corrected chi connectivity index (χ0v) is 8.08. The van der Waals surface area contributed by atoms with E-state index in [1.807, 2.05) is 30.8 Å². The van der Waals surface area contributed by atoms with E-state index in [0.717, 1.165) is 9.42 Å². The molecule has 0 bridgehead atoms. The van der Waals surface area contributed by atoms with Crippen LogP contribution in [-0.4, -0.2) is 21.2 Å². The molecule has 0 aliphatic carbocycles. The molecule has 1 heterocycles. The largest absolute Gasteiger partial charge is 0.243 e. The maximum absolute atomic E-state index is 4.14. The van der Waals surface area contributed by atoms with Crippen molar-refractivity contribution < 1.29 is 4.58 Å². The van der Waals surface area contributed by atoms with E-state index in [0.29, 0.717) is 0 Å². The molecular formula is C7H8IN2+. The summed E-state index contributed by atoms with van der Waals surface area (Å²) >= 11 is 2.16. The van der Waals surface area contributed by atoms with Crippen molar-refractivity contribution in [3.63, 3.8) is 0 Å². The second kappa shape index (κ2) is 3.12. The Kier molecular flexibility index (Phi) is 2.40. The van der Waals surface area contributed by atoms with Crippen LogP contribution in [0.15, 0.2) is 23.0 Å². The molecule has 0 fully saturated rings. The fourth-order valence-electron chi connectivity index (χ4n) is 0.531. The number of rotatable bonds is 0. The van der Waals surface area contributed by atoms with Crippen molar-refractivity contribution in [1.29, 1.82) is 0 Å². The summed E-state index contributed by atoms with van der Waals surface area (Å²) in [4.78, 5) is 4.14. The van der Waals surface area contributed by atoms with E-state index in [2.05, 4.69) is 33.5 Å². The van der Waals surface area contributed by atoms with E-state index in [-0.39, 0.29) is 0 Å². The Morgan fingerprint density at radius 2 is 2.40 bits per heavy atom. The van der Waals surface area contributed by atoms with Crippen LogP contribution in [0.25, 0.3) is 0 Å². The summed E-state index contributed by atoms with van der Waals surface area (Å²) in [7, 11) is 1.95. The van der Waals surface area contributed by atoms with Gasteiger partial charge in [0.05, 0.1) is 12.3 Å². The smallest absolute Gasteiger partial charge is 0.205 e. The van der Waals surface area contributed by atoms with Gasteiger partial charge in [0.15, 0.2) is 5.87 Å². The average molecular weight is 247 g/mol. The molecule has 0 aromatic carbocycles. The second-order valence-electron chi connectivity index (χ2n) is 2.05. The van der Waals surface area contributed by atoms with Gasteiger partial charge in [-0.05, 0) is 22.6 Å². The molecule has 1 rings (SSSR count). The molecule has 1 aliphatic heterocycles. The van der Waals surface area contributed by atoms with Crippen molar-refractivity contribution in [3.05, 3.63) is 18.0 Å². The summed E-state index contributed by atoms with van der Waals surface area (Å²) in [6.45, 7) is 2.00. The van der Waals surface area contributed by atoms with Crippen LogP contribution in [0.4, 0.5) is 0 Å². The van der Waals surface area contributed by atoms with Crippen molar-refractivity contribution in [3.8, 4) is 0 Å². The monoisotopic (exact) mass is 247 g/mol. The van der Waals surface area contributed by atoms with Gasteiger partial charge in [0.1, 0.15) is 10.8 Å². The molecule has 10 heavy (non-hydrogen) atoms. The highest BCUT2D eigenvalue weighted by Gasteiger charge is 2.00. The third-order valence-corrected chi connectivity index (χ3v) is 1.87. The van der Waals surface area contributed by atoms with Crippen LogP contribution in [0.3, 0.4) is 0 Å². The first-order valence-electron chi connectivity index (χ1n) is 2.93. The summed E-state index contributed by atoms with van der Waals surface area (Å²) < 4.78 is 2.87. The summed E-state index contributed by atoms with van der Waals surface area (Å²) in [5.74, 6) is 3.05. The first kappa shape index (κ1) is 7.69. The van der Waals surface area contributed by atoms with Crippen molar-refractivity contribution in [2.45, 2.75) is 6.92 Å². The first-order chi connectivity index (χ1) is 4.70. The molecule has 0 unspecified atom stereocenters. The summed E-state index contributed by atoms with van der Waals surface area (Å²) in [5.41, 5.74) is 1.10. The third kappa shape index (κ3) is 1.78. The van der Waals surface area contributed by atoms with Gasteiger partial charge in [-0.2, -0.15) is 4.58 Å². The number of nitrogens with zero attached hydrogens (tertiary/aromatic N) is 2. The van der Waals surface area contributed by atoms with Crippen LogP contribution >= 0.6 is 22.6 Å². The summed E-state index contributed by atoms with van der Waals surface area (Å²) in [6.07, 6.45) is 3.69. The van der Waals surface area contributed by atoms with Crippen LogP contribution in [-0.2, 0) is 0 Å². The topological polar surface area (TPSA) is 15.4 Å². The van der Waals surface area contributed by atoms with Crippen LogP contribution in [0, 0.1) is 0 Å². The van der Waals surface area contributed by atoms with Crippen LogP contribution < -0.4 is 0 Å². The van der Waals surface area contributed by atoms with Crippen LogP contribution in [0.1, 0.15) is 6.92 Å². The zero-order valence-electron chi connectivity index (χ0n) is 5.93. The van der Waals surface area contributed by atoms with E-state index in [1.165, 1.54) is 0 Å². The Morgan fingerprint density at radius 3 is 3.10 bits per heavy atom. The molecule has 0 saturated carbocycles. The molecule has 0 atom stereocenters. The number of aliphatic imine (C=N–C) groups is 1. The molecule has 0 amide bonds. The zero-order chi connectivity index (χ0) is 7.56. The van der Waals surface area contributed by atoms with Crippen LogP contribution in [0.2, 0.25) is 0 Å². The number of allylic oxidation sites excluding steroid dienone is 2. The predicted octanol–water partition coefficient (Wildman–Crippen LogP) is 1.56. The Hall–Kier alpha value is -0.410. The molecule has 0 N–H and O–H groups in total. The molecule has 52 valence electrons. The molecular weight excluding hydrogens is 239 g/mol. The van der Waals surface area contributed by atoms with E-state index >= 15 is 0 Å². The standard InChI is InChI=1S/C7H8IN2/c1-6-5-9-7(8)3-4-10(6)2/h3,5H,1-2H3/q+1. The fourth-order valence-corrected chi connectivity index (χ4v) is 0.809. The maximum Gasteiger partial charge on any atom is 0.205 e. The lowest BCUT2D eigenvalue weighted by Crippen LogP contribution is -1.98. The third-order valence-electron chi connectivity index (χ3n) is 1.28. The van der Waals surface area contributed by atoms with Gasteiger partial charge in [0.2, 0.25) is 5.70 Å². The molecule has 0 radical (unpaired) electrons. The number of halogens is 1. The molecule has 0 spiro atoms. The average Bonchev–Trinajstić information content (AvgIpc) is 2.04. The number of hydrogen-bond acceptors (Lipinski definition) is 1. The SMILES string of the molecule is CC1=CN=C(I)C=C=[N+]1C. The Labute approximate surface area is 73.8 Å². The fraction of sp³-hybridized carbons (Fsp3) is 0.286. The van der Waals surface area contributed by atoms with E-state index < -0.39 is 0 Å². The van der Waals surface area contributed by atoms with Gasteiger partial charge in [0.25, 0.3) is 0 Å². The highest BCUT2D eigenvalue weighted by Crippen LogP contribution is 1.99. The van der Waals surface area contributed by atoms with Gasteiger partial charge in [-0.3, -0.25) is 0 Å². The van der Waals surface area contributed by atoms with Gasteiger partial charge < -0.3 is 0 Å². The number of hydrogen-bond donors (Lipinski definition) is 0. The van der Waals surface area contributed by atoms with Gasteiger partial charge in [0, 0.05) is 6.92 Å². The van der Waals surface area contributed by atoms with Crippen molar-refractivity contribution in [2.75, 3.05) is 7.05 Å². The van der Waals surface area contributed by atoms with Gasteiger partial charge in [-0.25, -0.2) is 4.99 Å². The van der Waals surface area contributed by atoms with E-state index in [9.17, 15) is 0 Å². The predicted molar refractivity (Wildman–Crippen MR) is 51.0 cm³/mol. The second-order valence-corrected chi connectivity index (χ2v) is 3.16. The minimum absolute atomic E-state index is 0.960. The van der Waals surface area contributed by atoms with Gasteiger partial charge in [-0.1, -0.05) is 0 Å². The molecule has 2 nitrogen and oxygen atoms in total. The molecule has 0 saturated heterocycles. The lowest BCUT2D eigenvalue weighted by atomic mass is 10.5. The lowest BCUT2D eigenvalue weighted by Gasteiger charge is -1.84. The van der Waals surface area contributed by atoms with Crippen molar-refractivity contribution >= 4 is 32.2 Å². The Bertz CT molecular complexity index is 267. The summed E-state index contributed by atoms with van der Waals surface area (Å²) in [6, 6.07) is 0. The Morgan fingerprint density at radius 1 is 1.70 bits per heavy atom. The van der Waals surface area contributed by atoms with Crippen molar-refractivity contribution in [2.24, 2.45) is 4.99 Å². The molecule has 0 aromatic rings. The Balaban J connectivity index is 3.12. The highest BCUT2D eigenvalue weighted by molar-refractivity contribution is 14.1. The van der Waals surface area contributed by atoms with Crippen LogP contribution in [0.5, 0.6) is 0 Å². The van der Waals surface area contributed by atoms with Gasteiger partial charge >= 0.3 is 0 Å².